The molecule has 0 aliphatic heterocycles. The molecule has 0 spiro atoms. The largest absolute Gasteiger partial charge is 0.389 e. The van der Waals surface area contributed by atoms with Gasteiger partial charge in [-0.2, -0.15) is 5.10 Å². The molecule has 2 aromatic heterocycles. The second-order valence-corrected chi connectivity index (χ2v) is 4.79. The van der Waals surface area contributed by atoms with Gasteiger partial charge in [-0.25, -0.2) is 9.97 Å². The smallest absolute Gasteiger partial charge is 0.222 e. The minimum Gasteiger partial charge on any atom is -0.389 e. The lowest BCUT2D eigenvalue weighted by atomic mass is 10.1. The van der Waals surface area contributed by atoms with Crippen LogP contribution in [0.25, 0.3) is 11.3 Å². The van der Waals surface area contributed by atoms with Crippen LogP contribution in [0.4, 0.5) is 0 Å². The van der Waals surface area contributed by atoms with Gasteiger partial charge in [0.05, 0.1) is 24.0 Å². The Labute approximate surface area is 104 Å². The molecule has 0 saturated carbocycles. The highest BCUT2D eigenvalue weighted by Gasteiger charge is 2.14. The molecule has 2 rings (SSSR count). The summed E-state index contributed by atoms with van der Waals surface area (Å²) in [4.78, 5) is 7.91. The van der Waals surface area contributed by atoms with Gasteiger partial charge in [0.25, 0.3) is 0 Å². The highest BCUT2D eigenvalue weighted by atomic mass is 35.5. The number of aliphatic hydroxyl groups is 1. The molecular weight excluding hydrogens is 240 g/mol. The molecule has 0 saturated heterocycles. The lowest BCUT2D eigenvalue weighted by Crippen LogP contribution is -2.26. The van der Waals surface area contributed by atoms with Crippen LogP contribution in [0.15, 0.2) is 24.7 Å². The zero-order valence-corrected chi connectivity index (χ0v) is 10.4. The maximum atomic E-state index is 9.69. The van der Waals surface area contributed by atoms with E-state index < -0.39 is 5.60 Å². The van der Waals surface area contributed by atoms with Crippen molar-refractivity contribution in [1.29, 1.82) is 0 Å². The molecule has 0 aliphatic rings. The van der Waals surface area contributed by atoms with Crippen molar-refractivity contribution in [1.82, 2.24) is 19.7 Å². The van der Waals surface area contributed by atoms with Crippen LogP contribution in [0.5, 0.6) is 0 Å². The van der Waals surface area contributed by atoms with Crippen LogP contribution in [0, 0.1) is 0 Å². The van der Waals surface area contributed by atoms with Gasteiger partial charge < -0.3 is 5.11 Å². The van der Waals surface area contributed by atoms with Gasteiger partial charge in [-0.1, -0.05) is 0 Å². The summed E-state index contributed by atoms with van der Waals surface area (Å²) in [6, 6.07) is 1.76. The summed E-state index contributed by atoms with van der Waals surface area (Å²) in [7, 11) is 0. The summed E-state index contributed by atoms with van der Waals surface area (Å²) in [5.74, 6) is 0. The van der Waals surface area contributed by atoms with E-state index in [9.17, 15) is 5.11 Å². The molecule has 0 fully saturated rings. The van der Waals surface area contributed by atoms with Crippen molar-refractivity contribution < 1.29 is 5.11 Å². The highest BCUT2D eigenvalue weighted by molar-refractivity contribution is 6.28. The first kappa shape index (κ1) is 12.0. The fraction of sp³-hybridized carbons (Fsp3) is 0.364. The molecule has 1 N–H and O–H groups in total. The Balaban J connectivity index is 2.24. The van der Waals surface area contributed by atoms with Gasteiger partial charge in [-0.15, -0.1) is 0 Å². The molecule has 0 amide bonds. The zero-order chi connectivity index (χ0) is 12.5. The van der Waals surface area contributed by atoms with Crippen molar-refractivity contribution >= 4 is 11.6 Å². The van der Waals surface area contributed by atoms with Crippen LogP contribution in [-0.4, -0.2) is 30.5 Å². The number of hydrogen-bond donors (Lipinski definition) is 1. The Bertz CT molecular complexity index is 518. The van der Waals surface area contributed by atoms with Crippen molar-refractivity contribution in [3.05, 3.63) is 29.9 Å². The van der Waals surface area contributed by atoms with E-state index in [-0.39, 0.29) is 5.28 Å². The van der Waals surface area contributed by atoms with E-state index in [0.29, 0.717) is 12.2 Å². The normalized spacial score (nSPS) is 11.8. The van der Waals surface area contributed by atoms with Crippen molar-refractivity contribution in [3.8, 4) is 11.3 Å². The van der Waals surface area contributed by atoms with Crippen LogP contribution >= 0.6 is 11.6 Å². The molecule has 0 radical (unpaired) electrons. The predicted octanol–water partition coefficient (Wildman–Crippen LogP) is 1.76. The van der Waals surface area contributed by atoms with Crippen molar-refractivity contribution in [2.75, 3.05) is 0 Å². The van der Waals surface area contributed by atoms with E-state index in [1.54, 1.807) is 37.0 Å². The van der Waals surface area contributed by atoms with Gasteiger partial charge in [0.15, 0.2) is 0 Å². The molecule has 17 heavy (non-hydrogen) atoms. The van der Waals surface area contributed by atoms with Crippen molar-refractivity contribution in [2.45, 2.75) is 26.0 Å². The molecule has 2 aromatic rings. The van der Waals surface area contributed by atoms with E-state index >= 15 is 0 Å². The third kappa shape index (κ3) is 3.25. The van der Waals surface area contributed by atoms with Crippen LogP contribution in [0.3, 0.4) is 0 Å². The maximum absolute atomic E-state index is 9.69. The summed E-state index contributed by atoms with van der Waals surface area (Å²) in [6.07, 6.45) is 5.10. The number of nitrogens with zero attached hydrogens (tertiary/aromatic N) is 4. The third-order valence-electron chi connectivity index (χ3n) is 2.10. The quantitative estimate of drug-likeness (QED) is 0.846. The van der Waals surface area contributed by atoms with Crippen LogP contribution in [0.1, 0.15) is 13.8 Å². The minimum atomic E-state index is -0.799. The van der Waals surface area contributed by atoms with E-state index in [0.717, 1.165) is 5.56 Å². The molecule has 6 heteroatoms. The topological polar surface area (TPSA) is 63.8 Å². The number of rotatable bonds is 3. The Kier molecular flexibility index (Phi) is 3.13. The average molecular weight is 253 g/mol. The Morgan fingerprint density at radius 2 is 2.24 bits per heavy atom. The molecule has 0 aromatic carbocycles. The van der Waals surface area contributed by atoms with E-state index in [4.69, 9.17) is 11.6 Å². The van der Waals surface area contributed by atoms with E-state index in [1.807, 2.05) is 6.20 Å². The summed E-state index contributed by atoms with van der Waals surface area (Å²) in [6.45, 7) is 3.89. The number of hydrogen-bond acceptors (Lipinski definition) is 4. The third-order valence-corrected chi connectivity index (χ3v) is 2.29. The summed E-state index contributed by atoms with van der Waals surface area (Å²) < 4.78 is 1.67. The highest BCUT2D eigenvalue weighted by Crippen LogP contribution is 2.17. The fourth-order valence-corrected chi connectivity index (χ4v) is 1.62. The minimum absolute atomic E-state index is 0.206. The molecule has 0 unspecified atom stereocenters. The first-order valence-electron chi connectivity index (χ1n) is 5.18. The molecule has 2 heterocycles. The number of aromatic nitrogens is 4. The van der Waals surface area contributed by atoms with Gasteiger partial charge in [-0.3, -0.25) is 4.68 Å². The molecule has 0 atom stereocenters. The second kappa shape index (κ2) is 4.43. The lowest BCUT2D eigenvalue weighted by molar-refractivity contribution is 0.0577. The Hall–Kier alpha value is -1.46. The van der Waals surface area contributed by atoms with Gasteiger partial charge in [0, 0.05) is 18.0 Å². The molecule has 90 valence electrons. The monoisotopic (exact) mass is 252 g/mol. The van der Waals surface area contributed by atoms with Crippen molar-refractivity contribution in [3.63, 3.8) is 0 Å². The first-order valence-corrected chi connectivity index (χ1v) is 5.56. The Morgan fingerprint density at radius 3 is 2.88 bits per heavy atom. The zero-order valence-electron chi connectivity index (χ0n) is 9.63. The fourth-order valence-electron chi connectivity index (χ4n) is 1.47. The average Bonchev–Trinajstić information content (AvgIpc) is 2.63. The Morgan fingerprint density at radius 1 is 1.47 bits per heavy atom. The summed E-state index contributed by atoms with van der Waals surface area (Å²) >= 11 is 5.72. The van der Waals surface area contributed by atoms with Crippen LogP contribution in [-0.2, 0) is 6.54 Å². The van der Waals surface area contributed by atoms with Gasteiger partial charge in [0.1, 0.15) is 0 Å². The first-order chi connectivity index (χ1) is 7.94. The van der Waals surface area contributed by atoms with Crippen molar-refractivity contribution in [2.24, 2.45) is 0 Å². The second-order valence-electron chi connectivity index (χ2n) is 4.45. The van der Waals surface area contributed by atoms with Gasteiger partial charge in [-0.05, 0) is 31.5 Å². The predicted molar refractivity (Wildman–Crippen MR) is 64.6 cm³/mol. The SMILES string of the molecule is CC(C)(O)Cn1cc(-c2ccnc(Cl)n2)cn1. The maximum Gasteiger partial charge on any atom is 0.222 e. The molecule has 0 bridgehead atoms. The molecule has 0 aliphatic carbocycles. The summed E-state index contributed by atoms with van der Waals surface area (Å²) in [5.41, 5.74) is 0.762. The van der Waals surface area contributed by atoms with Gasteiger partial charge >= 0.3 is 0 Å². The van der Waals surface area contributed by atoms with E-state index in [1.165, 1.54) is 0 Å². The lowest BCUT2D eigenvalue weighted by Gasteiger charge is -2.16. The standard InChI is InChI=1S/C11H13ClN4O/c1-11(2,17)7-16-6-8(5-14-16)9-3-4-13-10(12)15-9/h3-6,17H,7H2,1-2H3. The molecular formula is C11H13ClN4O. The van der Waals surface area contributed by atoms with Crippen LogP contribution < -0.4 is 0 Å². The number of halogens is 1. The summed E-state index contributed by atoms with van der Waals surface area (Å²) in [5, 5.41) is 14.1. The van der Waals surface area contributed by atoms with Crippen LogP contribution in [0.2, 0.25) is 5.28 Å². The van der Waals surface area contributed by atoms with E-state index in [2.05, 4.69) is 15.1 Å². The molecule has 5 nitrogen and oxygen atoms in total. The van der Waals surface area contributed by atoms with Gasteiger partial charge in [0.2, 0.25) is 5.28 Å².